The molecule has 0 saturated carbocycles. The van der Waals surface area contributed by atoms with Gasteiger partial charge < -0.3 is 9.73 Å². The molecule has 2 aromatic rings. The number of hydrogen-bond donors (Lipinski definition) is 1. The van der Waals surface area contributed by atoms with Gasteiger partial charge in [0.25, 0.3) is 5.91 Å². The second kappa shape index (κ2) is 5.87. The zero-order chi connectivity index (χ0) is 14.8. The molecular weight excluding hydrogens is 359 g/mol. The number of furan rings is 1. The number of thioether (sulfide) groups is 1. The largest absolute Gasteiger partial charge is 0.450 e. The number of carbonyl (C=O) groups excluding carboxylic acids is 1. The van der Waals surface area contributed by atoms with Crippen molar-refractivity contribution in [2.75, 3.05) is 0 Å². The molecule has 1 aromatic heterocycles. The van der Waals surface area contributed by atoms with Crippen molar-refractivity contribution in [1.82, 2.24) is 5.32 Å². The first-order valence-electron chi connectivity index (χ1n) is 5.91. The number of amidine groups is 1. The Bertz CT molecular complexity index is 770. The summed E-state index contributed by atoms with van der Waals surface area (Å²) in [5.74, 6) is -0.179. The maximum atomic E-state index is 13.5. The highest BCUT2D eigenvalue weighted by Gasteiger charge is 2.24. The Balaban J connectivity index is 1.85. The maximum Gasteiger partial charge on any atom is 0.264 e. The van der Waals surface area contributed by atoms with E-state index < -0.39 is 5.82 Å². The Labute approximate surface area is 132 Å². The lowest BCUT2D eigenvalue weighted by molar-refractivity contribution is -0.115. The van der Waals surface area contributed by atoms with Gasteiger partial charge in [-0.05, 0) is 52.0 Å². The van der Waals surface area contributed by atoms with Crippen LogP contribution in [0.5, 0.6) is 0 Å². The minimum atomic E-state index is -0.438. The van der Waals surface area contributed by atoms with Crippen LogP contribution in [0.1, 0.15) is 5.76 Å². The first kappa shape index (κ1) is 14.1. The predicted molar refractivity (Wildman–Crippen MR) is 83.6 cm³/mol. The fourth-order valence-electron chi connectivity index (χ4n) is 1.67. The second-order valence-corrected chi connectivity index (χ2v) is 5.89. The quantitative estimate of drug-likeness (QED) is 0.814. The first-order valence-corrected chi connectivity index (χ1v) is 7.52. The molecule has 1 aliphatic rings. The summed E-state index contributed by atoms with van der Waals surface area (Å²) in [7, 11) is 0. The Kier molecular flexibility index (Phi) is 3.94. The number of amides is 1. The molecule has 0 spiro atoms. The van der Waals surface area contributed by atoms with Crippen molar-refractivity contribution in [2.24, 2.45) is 4.99 Å². The first-order chi connectivity index (χ1) is 10.1. The normalized spacial score (nSPS) is 18.5. The average Bonchev–Trinajstić information content (AvgIpc) is 3.00. The van der Waals surface area contributed by atoms with E-state index in [2.05, 4.69) is 26.2 Å². The number of hydrogen-bond acceptors (Lipinski definition) is 4. The van der Waals surface area contributed by atoms with Gasteiger partial charge in [0.05, 0.1) is 4.91 Å². The van der Waals surface area contributed by atoms with E-state index in [1.807, 2.05) is 0 Å². The third-order valence-corrected chi connectivity index (χ3v) is 3.93. The van der Waals surface area contributed by atoms with Crippen LogP contribution in [0.15, 0.2) is 55.4 Å². The van der Waals surface area contributed by atoms with Crippen LogP contribution in [-0.2, 0) is 4.79 Å². The standard InChI is InChI=1S/C14H8BrFN2O2S/c15-12-6-5-8(20-12)7-11-13(19)18-14(21-11)17-10-4-2-1-3-9(10)16/h1-7H,(H,17,18,19)/b11-7-. The lowest BCUT2D eigenvalue weighted by Crippen LogP contribution is -2.19. The number of nitrogens with zero attached hydrogens (tertiary/aromatic N) is 1. The lowest BCUT2D eigenvalue weighted by Gasteiger charge is -1.97. The molecule has 0 aliphatic carbocycles. The Morgan fingerprint density at radius 1 is 1.29 bits per heavy atom. The molecule has 0 radical (unpaired) electrons. The van der Waals surface area contributed by atoms with Gasteiger partial charge in [-0.1, -0.05) is 12.1 Å². The van der Waals surface area contributed by atoms with E-state index in [0.29, 0.717) is 20.5 Å². The van der Waals surface area contributed by atoms with Gasteiger partial charge in [0.2, 0.25) is 0 Å². The number of carbonyl (C=O) groups is 1. The fourth-order valence-corrected chi connectivity index (χ4v) is 2.80. The van der Waals surface area contributed by atoms with Crippen LogP contribution < -0.4 is 5.32 Å². The van der Waals surface area contributed by atoms with Crippen LogP contribution in [0.3, 0.4) is 0 Å². The molecule has 0 bridgehead atoms. The van der Waals surface area contributed by atoms with Crippen LogP contribution in [-0.4, -0.2) is 11.1 Å². The summed E-state index contributed by atoms with van der Waals surface area (Å²) in [6, 6.07) is 9.59. The number of rotatable bonds is 2. The van der Waals surface area contributed by atoms with E-state index in [0.717, 1.165) is 11.8 Å². The summed E-state index contributed by atoms with van der Waals surface area (Å²) in [4.78, 5) is 16.4. The minimum Gasteiger partial charge on any atom is -0.450 e. The molecule has 0 unspecified atom stereocenters. The van der Waals surface area contributed by atoms with E-state index in [1.165, 1.54) is 6.07 Å². The molecule has 1 aromatic carbocycles. The Hall–Kier alpha value is -1.86. The highest BCUT2D eigenvalue weighted by Crippen LogP contribution is 2.29. The maximum absolute atomic E-state index is 13.5. The number of benzene rings is 1. The summed E-state index contributed by atoms with van der Waals surface area (Å²) in [6.45, 7) is 0. The van der Waals surface area contributed by atoms with E-state index in [4.69, 9.17) is 4.42 Å². The Morgan fingerprint density at radius 3 is 2.81 bits per heavy atom. The highest BCUT2D eigenvalue weighted by atomic mass is 79.9. The topological polar surface area (TPSA) is 54.6 Å². The molecule has 1 N–H and O–H groups in total. The smallest absolute Gasteiger partial charge is 0.264 e. The van der Waals surface area contributed by atoms with Crippen molar-refractivity contribution < 1.29 is 13.6 Å². The number of nitrogens with one attached hydrogen (secondary N) is 1. The van der Waals surface area contributed by atoms with Gasteiger partial charge >= 0.3 is 0 Å². The van der Waals surface area contributed by atoms with E-state index in [9.17, 15) is 9.18 Å². The van der Waals surface area contributed by atoms with Crippen molar-refractivity contribution in [3.63, 3.8) is 0 Å². The summed E-state index contributed by atoms with van der Waals surface area (Å²) in [6.07, 6.45) is 1.61. The summed E-state index contributed by atoms with van der Waals surface area (Å²) in [5.41, 5.74) is 0.183. The van der Waals surface area contributed by atoms with E-state index in [-0.39, 0.29) is 11.6 Å². The molecule has 7 heteroatoms. The number of para-hydroxylation sites is 1. The molecule has 0 atom stereocenters. The molecule has 1 saturated heterocycles. The molecule has 1 amide bonds. The van der Waals surface area contributed by atoms with Crippen molar-refractivity contribution >= 4 is 50.5 Å². The second-order valence-electron chi connectivity index (χ2n) is 4.08. The highest BCUT2D eigenvalue weighted by molar-refractivity contribution is 9.10. The molecule has 1 fully saturated rings. The van der Waals surface area contributed by atoms with Crippen molar-refractivity contribution in [1.29, 1.82) is 0 Å². The van der Waals surface area contributed by atoms with Crippen LogP contribution in [0.4, 0.5) is 10.1 Å². The molecule has 4 nitrogen and oxygen atoms in total. The average molecular weight is 367 g/mol. The lowest BCUT2D eigenvalue weighted by atomic mass is 10.3. The zero-order valence-electron chi connectivity index (χ0n) is 10.5. The van der Waals surface area contributed by atoms with Crippen molar-refractivity contribution in [3.05, 3.63) is 57.6 Å². The van der Waals surface area contributed by atoms with E-state index >= 15 is 0 Å². The van der Waals surface area contributed by atoms with Gasteiger partial charge in [0.1, 0.15) is 17.3 Å². The van der Waals surface area contributed by atoms with Crippen LogP contribution in [0.25, 0.3) is 6.08 Å². The van der Waals surface area contributed by atoms with Crippen molar-refractivity contribution in [2.45, 2.75) is 0 Å². The van der Waals surface area contributed by atoms with Crippen LogP contribution in [0.2, 0.25) is 0 Å². The minimum absolute atomic E-state index is 0.183. The van der Waals surface area contributed by atoms with Gasteiger partial charge in [-0.15, -0.1) is 0 Å². The van der Waals surface area contributed by atoms with E-state index in [1.54, 1.807) is 36.4 Å². The summed E-state index contributed by atoms with van der Waals surface area (Å²) < 4.78 is 19.4. The third kappa shape index (κ3) is 3.25. The monoisotopic (exact) mass is 366 g/mol. The van der Waals surface area contributed by atoms with Gasteiger partial charge in [0.15, 0.2) is 9.84 Å². The fraction of sp³-hybridized carbons (Fsp3) is 0. The zero-order valence-corrected chi connectivity index (χ0v) is 12.9. The molecule has 21 heavy (non-hydrogen) atoms. The van der Waals surface area contributed by atoms with Gasteiger partial charge in [0, 0.05) is 6.08 Å². The third-order valence-electron chi connectivity index (χ3n) is 2.59. The van der Waals surface area contributed by atoms with Crippen LogP contribution >= 0.6 is 27.7 Å². The van der Waals surface area contributed by atoms with Gasteiger partial charge in [-0.3, -0.25) is 4.79 Å². The van der Waals surface area contributed by atoms with Crippen molar-refractivity contribution in [3.8, 4) is 0 Å². The summed E-state index contributed by atoms with van der Waals surface area (Å²) in [5, 5.41) is 2.93. The SMILES string of the molecule is O=C1NC(=Nc2ccccc2F)S/C1=C\c1ccc(Br)o1. The number of aliphatic imine (C=N–C) groups is 1. The Morgan fingerprint density at radius 2 is 2.10 bits per heavy atom. The van der Waals surface area contributed by atoms with Gasteiger partial charge in [-0.25, -0.2) is 9.38 Å². The molecular formula is C14H8BrFN2O2S. The molecule has 3 rings (SSSR count). The van der Waals surface area contributed by atoms with Crippen LogP contribution in [0, 0.1) is 5.82 Å². The molecule has 106 valence electrons. The summed E-state index contributed by atoms with van der Waals surface area (Å²) >= 11 is 4.33. The molecule has 1 aliphatic heterocycles. The number of halogens is 2. The van der Waals surface area contributed by atoms with Gasteiger partial charge in [-0.2, -0.15) is 0 Å². The predicted octanol–water partition coefficient (Wildman–Crippen LogP) is 4.07. The molecule has 2 heterocycles.